The summed E-state index contributed by atoms with van der Waals surface area (Å²) in [6.45, 7) is 1.83. The summed E-state index contributed by atoms with van der Waals surface area (Å²) in [5, 5.41) is 20.7. The normalized spacial score (nSPS) is 20.6. The fourth-order valence-corrected chi connectivity index (χ4v) is 4.07. The molecule has 0 radical (unpaired) electrons. The quantitative estimate of drug-likeness (QED) is 0.569. The van der Waals surface area contributed by atoms with Crippen LogP contribution in [-0.2, 0) is 15.5 Å². The first-order valence-electron chi connectivity index (χ1n) is 8.05. The number of hydrogen-bond donors (Lipinski definition) is 2. The summed E-state index contributed by atoms with van der Waals surface area (Å²) < 4.78 is 64.8. The van der Waals surface area contributed by atoms with Crippen LogP contribution in [0, 0.1) is 6.92 Å². The third kappa shape index (κ3) is 2.50. The van der Waals surface area contributed by atoms with E-state index in [4.69, 9.17) is 0 Å². The molecule has 28 heavy (non-hydrogen) atoms. The Morgan fingerprint density at radius 1 is 0.929 bits per heavy atom. The molecule has 1 atom stereocenters. The molecule has 2 aromatic carbocycles. The van der Waals surface area contributed by atoms with Gasteiger partial charge in [0.1, 0.15) is 17.3 Å². The smallest absolute Gasteiger partial charge is 0.508 e. The van der Waals surface area contributed by atoms with Gasteiger partial charge in [-0.15, -0.1) is 0 Å². The number of rotatable bonds is 2. The minimum absolute atomic E-state index is 0.0545. The van der Waals surface area contributed by atoms with Crippen molar-refractivity contribution in [3.05, 3.63) is 76.4 Å². The van der Waals surface area contributed by atoms with Crippen molar-refractivity contribution in [2.75, 3.05) is 0 Å². The maximum Gasteiger partial charge on any atom is 0.534 e. The van der Waals surface area contributed by atoms with Crippen molar-refractivity contribution in [3.63, 3.8) is 0 Å². The molecule has 2 aliphatic carbocycles. The van der Waals surface area contributed by atoms with Crippen LogP contribution in [-0.4, -0.2) is 24.1 Å². The largest absolute Gasteiger partial charge is 0.534 e. The van der Waals surface area contributed by atoms with E-state index >= 15 is 0 Å². The lowest BCUT2D eigenvalue weighted by atomic mass is 9.78. The average Bonchev–Trinajstić information content (AvgIpc) is 3.01. The number of aliphatic hydroxyl groups excluding tert-OH is 2. The molecule has 0 fully saturated rings. The highest BCUT2D eigenvalue weighted by atomic mass is 32.2. The Labute approximate surface area is 158 Å². The van der Waals surface area contributed by atoms with E-state index in [9.17, 15) is 31.8 Å². The highest BCUT2D eigenvalue weighted by Gasteiger charge is 2.49. The fourth-order valence-electron chi connectivity index (χ4n) is 3.62. The molecule has 0 bridgehead atoms. The third-order valence-electron chi connectivity index (χ3n) is 4.83. The molecule has 4 rings (SSSR count). The van der Waals surface area contributed by atoms with Crippen molar-refractivity contribution < 1.29 is 36.0 Å². The van der Waals surface area contributed by atoms with Gasteiger partial charge in [0.2, 0.25) is 0 Å². The Morgan fingerprint density at radius 2 is 1.46 bits per heavy atom. The number of halogens is 3. The standard InChI is InChI=1S/C19H13F3O5S/c1-10-2-4-12-14(6-10)18(8-16(12)23)9-17(24)13-5-3-11(7-15(13)18)27-28(25,26)19(20,21)22/h2-9,23-24H,1H3. The number of benzene rings is 2. The van der Waals surface area contributed by atoms with E-state index in [-0.39, 0.29) is 11.5 Å². The number of aliphatic hydroxyl groups is 2. The van der Waals surface area contributed by atoms with E-state index in [1.807, 2.05) is 6.92 Å². The highest BCUT2D eigenvalue weighted by molar-refractivity contribution is 7.88. The monoisotopic (exact) mass is 410 g/mol. The van der Waals surface area contributed by atoms with E-state index in [0.717, 1.165) is 17.7 Å². The van der Waals surface area contributed by atoms with Gasteiger partial charge in [-0.2, -0.15) is 21.6 Å². The van der Waals surface area contributed by atoms with Crippen molar-refractivity contribution in [1.29, 1.82) is 0 Å². The van der Waals surface area contributed by atoms with Crippen LogP contribution in [0.3, 0.4) is 0 Å². The van der Waals surface area contributed by atoms with Crippen LogP contribution < -0.4 is 4.18 Å². The van der Waals surface area contributed by atoms with Crippen molar-refractivity contribution in [1.82, 2.24) is 0 Å². The zero-order valence-corrected chi connectivity index (χ0v) is 15.1. The van der Waals surface area contributed by atoms with Gasteiger partial charge in [-0.25, -0.2) is 0 Å². The van der Waals surface area contributed by atoms with Crippen molar-refractivity contribution in [2.24, 2.45) is 0 Å². The van der Waals surface area contributed by atoms with Crippen molar-refractivity contribution in [2.45, 2.75) is 17.8 Å². The van der Waals surface area contributed by atoms with Gasteiger partial charge < -0.3 is 14.4 Å². The second-order valence-corrected chi connectivity index (χ2v) is 8.21. The Hall–Kier alpha value is -2.94. The molecule has 1 spiro atoms. The lowest BCUT2D eigenvalue weighted by Crippen LogP contribution is -2.28. The highest BCUT2D eigenvalue weighted by Crippen LogP contribution is 2.52. The molecule has 0 aromatic heterocycles. The molecule has 9 heteroatoms. The van der Waals surface area contributed by atoms with E-state index in [1.54, 1.807) is 18.2 Å². The van der Waals surface area contributed by atoms with Gasteiger partial charge >= 0.3 is 15.6 Å². The SMILES string of the molecule is Cc1ccc2c(c1)C1(C=C2O)C=C(O)c2ccc(OS(=O)(=O)C(F)(F)F)cc21. The zero-order valence-electron chi connectivity index (χ0n) is 14.3. The molecule has 1 unspecified atom stereocenters. The van der Waals surface area contributed by atoms with Gasteiger partial charge in [-0.3, -0.25) is 0 Å². The Balaban J connectivity index is 1.89. The predicted octanol–water partition coefficient (Wildman–Crippen LogP) is 4.33. The molecule has 0 heterocycles. The summed E-state index contributed by atoms with van der Waals surface area (Å²) in [5.74, 6) is -0.743. The van der Waals surface area contributed by atoms with Gasteiger partial charge in [0, 0.05) is 11.1 Å². The first kappa shape index (κ1) is 18.4. The second kappa shape index (κ2) is 5.54. The van der Waals surface area contributed by atoms with Gasteiger partial charge in [-0.05, 0) is 48.4 Å². The summed E-state index contributed by atoms with van der Waals surface area (Å²) >= 11 is 0. The van der Waals surface area contributed by atoms with E-state index in [1.165, 1.54) is 18.2 Å². The Bertz CT molecular complexity index is 1170. The lowest BCUT2D eigenvalue weighted by Gasteiger charge is -2.23. The van der Waals surface area contributed by atoms with E-state index in [0.29, 0.717) is 22.3 Å². The molecule has 0 amide bonds. The number of allylic oxidation sites excluding steroid dienone is 2. The average molecular weight is 410 g/mol. The van der Waals surface area contributed by atoms with Gasteiger partial charge in [0.15, 0.2) is 0 Å². The third-order valence-corrected chi connectivity index (χ3v) is 5.81. The van der Waals surface area contributed by atoms with Gasteiger partial charge in [0.05, 0.1) is 5.41 Å². The van der Waals surface area contributed by atoms with Gasteiger partial charge in [-0.1, -0.05) is 23.8 Å². The number of hydrogen-bond acceptors (Lipinski definition) is 5. The number of fused-ring (bicyclic) bond motifs is 4. The number of alkyl halides is 3. The molecule has 5 nitrogen and oxygen atoms in total. The van der Waals surface area contributed by atoms with Crippen LogP contribution in [0.25, 0.3) is 11.5 Å². The molecule has 0 saturated carbocycles. The minimum atomic E-state index is -5.84. The fraction of sp³-hybridized carbons (Fsp3) is 0.158. The summed E-state index contributed by atoms with van der Waals surface area (Å²) in [6, 6.07) is 8.70. The Morgan fingerprint density at radius 3 is 2.04 bits per heavy atom. The molecular weight excluding hydrogens is 397 g/mol. The molecule has 2 aromatic rings. The number of aryl methyl sites for hydroxylation is 1. The van der Waals surface area contributed by atoms with Crippen LogP contribution in [0.1, 0.15) is 27.8 Å². The lowest BCUT2D eigenvalue weighted by molar-refractivity contribution is -0.0500. The molecule has 2 N–H and O–H groups in total. The molecule has 0 saturated heterocycles. The van der Waals surface area contributed by atoms with Crippen molar-refractivity contribution >= 4 is 21.6 Å². The van der Waals surface area contributed by atoms with E-state index < -0.39 is 26.8 Å². The van der Waals surface area contributed by atoms with Crippen LogP contribution in [0.15, 0.2) is 48.6 Å². The van der Waals surface area contributed by atoms with Crippen LogP contribution in [0.2, 0.25) is 0 Å². The first-order valence-corrected chi connectivity index (χ1v) is 9.46. The second-order valence-electron chi connectivity index (χ2n) is 6.67. The molecular formula is C19H13F3O5S. The Kier molecular flexibility index (Phi) is 3.64. The maximum atomic E-state index is 12.6. The van der Waals surface area contributed by atoms with Gasteiger partial charge in [0.25, 0.3) is 0 Å². The predicted molar refractivity (Wildman–Crippen MR) is 95.2 cm³/mol. The summed E-state index contributed by atoms with van der Waals surface area (Å²) in [7, 11) is -5.84. The summed E-state index contributed by atoms with van der Waals surface area (Å²) in [6.07, 6.45) is 2.92. The van der Waals surface area contributed by atoms with Crippen LogP contribution >= 0.6 is 0 Å². The van der Waals surface area contributed by atoms with Crippen LogP contribution in [0.4, 0.5) is 13.2 Å². The summed E-state index contributed by atoms with van der Waals surface area (Å²) in [5.41, 5.74) is -4.12. The van der Waals surface area contributed by atoms with Crippen molar-refractivity contribution in [3.8, 4) is 5.75 Å². The maximum absolute atomic E-state index is 12.6. The first-order chi connectivity index (χ1) is 12.9. The zero-order chi connectivity index (χ0) is 20.5. The molecule has 0 aliphatic heterocycles. The summed E-state index contributed by atoms with van der Waals surface area (Å²) in [4.78, 5) is 0. The topological polar surface area (TPSA) is 83.8 Å². The molecule has 146 valence electrons. The molecule has 2 aliphatic rings. The van der Waals surface area contributed by atoms with Crippen LogP contribution in [0.5, 0.6) is 5.75 Å². The minimum Gasteiger partial charge on any atom is -0.508 e. The van der Waals surface area contributed by atoms with E-state index in [2.05, 4.69) is 4.18 Å².